The summed E-state index contributed by atoms with van der Waals surface area (Å²) in [4.78, 5) is 21.2. The third-order valence-corrected chi connectivity index (χ3v) is 7.16. The van der Waals surface area contributed by atoms with Crippen molar-refractivity contribution in [3.05, 3.63) is 47.3 Å². The van der Waals surface area contributed by atoms with Gasteiger partial charge in [0.25, 0.3) is 0 Å². The largest absolute Gasteiger partial charge is 0.454 e. The molecule has 0 radical (unpaired) electrons. The molecular formula is C27H35FN2O4. The molecule has 0 aromatic heterocycles. The molecule has 0 saturated heterocycles. The van der Waals surface area contributed by atoms with Gasteiger partial charge in [0, 0.05) is 11.7 Å². The molecule has 1 fully saturated rings. The van der Waals surface area contributed by atoms with Crippen molar-refractivity contribution < 1.29 is 23.5 Å². The average Bonchev–Trinajstić information content (AvgIpc) is 3.35. The number of ether oxygens (including phenoxy) is 2. The highest BCUT2D eigenvalue weighted by atomic mass is 19.1. The SMILES string of the molecule is C=O.CC.CCC(C)(C)C1Cc2cc(NC(=O)C3(c4ccc5c(c4)OCO5)CC3)c(F)cc2N1. The highest BCUT2D eigenvalue weighted by Gasteiger charge is 2.52. The molecule has 3 aliphatic rings. The Morgan fingerprint density at radius 3 is 2.50 bits per heavy atom. The number of carbonyl (C=O) groups excluding carboxylic acids is 2. The van der Waals surface area contributed by atoms with E-state index in [0.29, 0.717) is 11.5 Å². The van der Waals surface area contributed by atoms with Crippen LogP contribution < -0.4 is 20.1 Å². The van der Waals surface area contributed by atoms with E-state index in [2.05, 4.69) is 31.4 Å². The molecule has 34 heavy (non-hydrogen) atoms. The van der Waals surface area contributed by atoms with Crippen molar-refractivity contribution in [2.75, 3.05) is 17.4 Å². The number of benzene rings is 2. The summed E-state index contributed by atoms with van der Waals surface area (Å²) in [5, 5.41) is 6.32. The van der Waals surface area contributed by atoms with Gasteiger partial charge in [-0.05, 0) is 66.5 Å². The molecule has 2 aromatic carbocycles. The van der Waals surface area contributed by atoms with Crippen LogP contribution in [-0.4, -0.2) is 25.5 Å². The molecule has 2 aliphatic heterocycles. The van der Waals surface area contributed by atoms with Gasteiger partial charge in [-0.1, -0.05) is 40.7 Å². The Bertz CT molecular complexity index is 1050. The maximum absolute atomic E-state index is 14.8. The number of fused-ring (bicyclic) bond motifs is 2. The normalized spacial score (nSPS) is 18.4. The molecule has 6 nitrogen and oxygen atoms in total. The smallest absolute Gasteiger partial charge is 0.235 e. The van der Waals surface area contributed by atoms with Crippen molar-refractivity contribution in [2.24, 2.45) is 5.41 Å². The average molecular weight is 471 g/mol. The van der Waals surface area contributed by atoms with E-state index in [1.54, 1.807) is 6.07 Å². The highest BCUT2D eigenvalue weighted by molar-refractivity contribution is 6.01. The van der Waals surface area contributed by atoms with Crippen molar-refractivity contribution in [1.82, 2.24) is 0 Å². The molecule has 0 spiro atoms. The lowest BCUT2D eigenvalue weighted by Crippen LogP contribution is -2.33. The summed E-state index contributed by atoms with van der Waals surface area (Å²) in [6.07, 6.45) is 3.33. The summed E-state index contributed by atoms with van der Waals surface area (Å²) in [6.45, 7) is 12.8. The highest BCUT2D eigenvalue weighted by Crippen LogP contribution is 2.51. The standard InChI is InChI=1S/C24H27FN2O3.C2H6.CH2O/c1-4-23(2,3)21-10-14-9-18(16(25)12-17(14)26-21)27-22(28)24(7-8-24)15-5-6-19-20(11-15)30-13-29-19;2*1-2/h5-6,9,11-12,21,26H,4,7-8,10,13H2,1-3H3,(H,27,28);1-2H3;1H2. The van der Waals surface area contributed by atoms with Crippen molar-refractivity contribution in [3.8, 4) is 11.5 Å². The molecule has 1 unspecified atom stereocenters. The van der Waals surface area contributed by atoms with Crippen LogP contribution >= 0.6 is 0 Å². The van der Waals surface area contributed by atoms with E-state index >= 15 is 0 Å². The number of amides is 1. The van der Waals surface area contributed by atoms with E-state index in [4.69, 9.17) is 14.3 Å². The van der Waals surface area contributed by atoms with Gasteiger partial charge in [-0.25, -0.2) is 4.39 Å². The minimum absolute atomic E-state index is 0.107. The lowest BCUT2D eigenvalue weighted by Gasteiger charge is -2.30. The van der Waals surface area contributed by atoms with E-state index in [9.17, 15) is 9.18 Å². The van der Waals surface area contributed by atoms with Gasteiger partial charge in [-0.15, -0.1) is 0 Å². The zero-order chi connectivity index (χ0) is 25.1. The van der Waals surface area contributed by atoms with Gasteiger partial charge < -0.3 is 24.9 Å². The maximum Gasteiger partial charge on any atom is 0.235 e. The molecule has 5 rings (SSSR count). The molecule has 2 heterocycles. The second-order valence-corrected chi connectivity index (χ2v) is 9.34. The van der Waals surface area contributed by atoms with Gasteiger partial charge in [0.1, 0.15) is 12.6 Å². The Hall–Kier alpha value is -3.09. The Balaban J connectivity index is 0.000000771. The molecule has 184 valence electrons. The Labute approximate surface area is 201 Å². The van der Waals surface area contributed by atoms with Crippen molar-refractivity contribution >= 4 is 24.1 Å². The van der Waals surface area contributed by atoms with Gasteiger partial charge in [0.15, 0.2) is 11.5 Å². The van der Waals surface area contributed by atoms with Crippen LogP contribution in [0.4, 0.5) is 15.8 Å². The summed E-state index contributed by atoms with van der Waals surface area (Å²) in [5.74, 6) is 0.769. The molecule has 1 saturated carbocycles. The number of hydrogen-bond donors (Lipinski definition) is 2. The van der Waals surface area contributed by atoms with Crippen molar-refractivity contribution in [2.45, 2.75) is 71.8 Å². The van der Waals surface area contributed by atoms with Crippen molar-refractivity contribution in [1.29, 1.82) is 0 Å². The third kappa shape index (κ3) is 4.61. The fourth-order valence-electron chi connectivity index (χ4n) is 4.40. The topological polar surface area (TPSA) is 76.7 Å². The summed E-state index contributed by atoms with van der Waals surface area (Å²) >= 11 is 0. The zero-order valence-corrected chi connectivity index (χ0v) is 20.7. The molecule has 1 amide bonds. The van der Waals surface area contributed by atoms with Crippen LogP contribution in [0.15, 0.2) is 30.3 Å². The van der Waals surface area contributed by atoms with Crippen LogP contribution in [0.3, 0.4) is 0 Å². The number of rotatable bonds is 5. The third-order valence-electron chi connectivity index (χ3n) is 7.16. The molecule has 2 N–H and O–H groups in total. The number of hydrogen-bond acceptors (Lipinski definition) is 5. The Morgan fingerprint density at radius 2 is 1.85 bits per heavy atom. The second kappa shape index (κ2) is 10.0. The quantitative estimate of drug-likeness (QED) is 0.574. The molecular weight excluding hydrogens is 435 g/mol. The molecule has 1 atom stereocenters. The first kappa shape index (κ1) is 25.5. The minimum Gasteiger partial charge on any atom is -0.454 e. The summed E-state index contributed by atoms with van der Waals surface area (Å²) in [5.41, 5.74) is 2.49. The number of anilines is 2. The summed E-state index contributed by atoms with van der Waals surface area (Å²) in [6, 6.07) is 9.16. The predicted octanol–water partition coefficient (Wildman–Crippen LogP) is 5.84. The van der Waals surface area contributed by atoms with Gasteiger partial charge in [0.2, 0.25) is 12.7 Å². The first-order valence-electron chi connectivity index (χ1n) is 11.9. The lowest BCUT2D eigenvalue weighted by atomic mass is 9.80. The summed E-state index contributed by atoms with van der Waals surface area (Å²) < 4.78 is 25.6. The molecule has 0 bridgehead atoms. The predicted molar refractivity (Wildman–Crippen MR) is 132 cm³/mol. The van der Waals surface area contributed by atoms with Gasteiger partial charge in [0.05, 0.1) is 11.1 Å². The van der Waals surface area contributed by atoms with E-state index in [1.165, 1.54) is 6.07 Å². The van der Waals surface area contributed by atoms with Crippen LogP contribution in [0.2, 0.25) is 0 Å². The summed E-state index contributed by atoms with van der Waals surface area (Å²) in [7, 11) is 0. The van der Waals surface area contributed by atoms with Crippen molar-refractivity contribution in [3.63, 3.8) is 0 Å². The van der Waals surface area contributed by atoms with Gasteiger partial charge in [-0.3, -0.25) is 4.79 Å². The monoisotopic (exact) mass is 470 g/mol. The first-order chi connectivity index (χ1) is 16.3. The number of halogens is 1. The Morgan fingerprint density at radius 1 is 1.18 bits per heavy atom. The molecule has 1 aliphatic carbocycles. The van der Waals surface area contributed by atoms with E-state index in [0.717, 1.165) is 42.5 Å². The lowest BCUT2D eigenvalue weighted by molar-refractivity contribution is -0.118. The van der Waals surface area contributed by atoms with Gasteiger partial charge >= 0.3 is 0 Å². The number of nitrogens with one attached hydrogen (secondary N) is 2. The van der Waals surface area contributed by atoms with Crippen LogP contribution in [0, 0.1) is 11.2 Å². The van der Waals surface area contributed by atoms with E-state index in [1.807, 2.05) is 38.8 Å². The minimum atomic E-state index is -0.628. The van der Waals surface area contributed by atoms with Crippen LogP contribution in [0.1, 0.15) is 65.0 Å². The first-order valence-corrected chi connectivity index (χ1v) is 11.9. The van der Waals surface area contributed by atoms with Crippen LogP contribution in [0.5, 0.6) is 11.5 Å². The second-order valence-electron chi connectivity index (χ2n) is 9.34. The van der Waals surface area contributed by atoms with E-state index < -0.39 is 11.2 Å². The number of carbonyl (C=O) groups is 2. The molecule has 7 heteroatoms. The zero-order valence-electron chi connectivity index (χ0n) is 20.7. The van der Waals surface area contributed by atoms with Crippen LogP contribution in [0.25, 0.3) is 0 Å². The molecule has 2 aromatic rings. The van der Waals surface area contributed by atoms with Gasteiger partial charge in [-0.2, -0.15) is 0 Å². The maximum atomic E-state index is 14.8. The van der Waals surface area contributed by atoms with E-state index in [-0.39, 0.29) is 29.8 Å². The Kier molecular flexibility index (Phi) is 7.54. The van der Waals surface area contributed by atoms with Crippen LogP contribution in [-0.2, 0) is 21.4 Å². The fraction of sp³-hybridized carbons (Fsp3) is 0.481. The fourth-order valence-corrected chi connectivity index (χ4v) is 4.40.